The SMILES string of the molecule is CC(C)NC(=O)Nc1ccc2c(c1)C(=O)N([C@H](C)CO)C[C@H](C)[C@@H](CN(C)S(=O)(=O)c1ccccc1)O2. The summed E-state index contributed by atoms with van der Waals surface area (Å²) in [6.45, 7) is 7.35. The lowest BCUT2D eigenvalue weighted by Gasteiger charge is -2.38. The van der Waals surface area contributed by atoms with Crippen molar-refractivity contribution in [2.24, 2.45) is 5.92 Å². The smallest absolute Gasteiger partial charge is 0.319 e. The largest absolute Gasteiger partial charge is 0.488 e. The summed E-state index contributed by atoms with van der Waals surface area (Å²) in [4.78, 5) is 27.5. The van der Waals surface area contributed by atoms with Crippen molar-refractivity contribution in [2.45, 2.75) is 50.8 Å². The van der Waals surface area contributed by atoms with Gasteiger partial charge in [-0.3, -0.25) is 4.79 Å². The monoisotopic (exact) mass is 532 g/mol. The van der Waals surface area contributed by atoms with Crippen LogP contribution >= 0.6 is 0 Å². The van der Waals surface area contributed by atoms with Crippen molar-refractivity contribution in [1.82, 2.24) is 14.5 Å². The Morgan fingerprint density at radius 3 is 2.49 bits per heavy atom. The van der Waals surface area contributed by atoms with Crippen LogP contribution in [0.3, 0.4) is 0 Å². The van der Waals surface area contributed by atoms with Crippen LogP contribution < -0.4 is 15.4 Å². The molecule has 3 atom stereocenters. The summed E-state index contributed by atoms with van der Waals surface area (Å²) in [6, 6.07) is 12.0. The molecule has 0 spiro atoms. The zero-order valence-electron chi connectivity index (χ0n) is 21.8. The minimum absolute atomic E-state index is 0.0458. The summed E-state index contributed by atoms with van der Waals surface area (Å²) in [5.74, 6) is -0.328. The highest BCUT2D eigenvalue weighted by atomic mass is 32.2. The minimum Gasteiger partial charge on any atom is -0.488 e. The van der Waals surface area contributed by atoms with E-state index < -0.39 is 28.2 Å². The predicted octanol–water partition coefficient (Wildman–Crippen LogP) is 2.76. The second-order valence-electron chi connectivity index (χ2n) is 9.69. The molecule has 2 aromatic carbocycles. The zero-order valence-corrected chi connectivity index (χ0v) is 22.7. The number of amides is 3. The van der Waals surface area contributed by atoms with E-state index in [0.717, 1.165) is 0 Å². The highest BCUT2D eigenvalue weighted by Gasteiger charge is 2.35. The lowest BCUT2D eigenvalue weighted by Crippen LogP contribution is -2.50. The standard InChI is InChI=1S/C26H36N4O6S/c1-17(2)27-26(33)28-20-11-12-23-22(13-20)25(32)30(19(4)16-31)14-18(3)24(36-23)15-29(5)37(34,35)21-9-7-6-8-10-21/h6-13,17-19,24,31H,14-16H2,1-5H3,(H2,27,28,33)/t18-,19+,24+/m0/s1. The first-order chi connectivity index (χ1) is 17.4. The van der Waals surface area contributed by atoms with Crippen LogP contribution in [0.4, 0.5) is 10.5 Å². The maximum Gasteiger partial charge on any atom is 0.319 e. The third kappa shape index (κ3) is 6.79. The van der Waals surface area contributed by atoms with Gasteiger partial charge >= 0.3 is 6.03 Å². The Labute approximate surface area is 218 Å². The fourth-order valence-corrected chi connectivity index (χ4v) is 5.28. The summed E-state index contributed by atoms with van der Waals surface area (Å²) < 4.78 is 33.8. The summed E-state index contributed by atoms with van der Waals surface area (Å²) in [5.41, 5.74) is 0.618. The number of benzene rings is 2. The number of hydrogen-bond acceptors (Lipinski definition) is 6. The molecule has 3 amide bonds. The van der Waals surface area contributed by atoms with E-state index in [1.807, 2.05) is 20.8 Å². The molecule has 1 aliphatic rings. The number of likely N-dealkylation sites (N-methyl/N-ethyl adjacent to an activating group) is 1. The van der Waals surface area contributed by atoms with Gasteiger partial charge in [0.15, 0.2) is 0 Å². The first kappa shape index (κ1) is 28.4. The first-order valence-electron chi connectivity index (χ1n) is 12.3. The lowest BCUT2D eigenvalue weighted by atomic mass is 9.99. The highest BCUT2D eigenvalue weighted by Crippen LogP contribution is 2.31. The van der Waals surface area contributed by atoms with E-state index in [1.165, 1.54) is 29.6 Å². The third-order valence-corrected chi connectivity index (χ3v) is 8.07. The molecule has 2 aromatic rings. The van der Waals surface area contributed by atoms with Gasteiger partial charge in [0.2, 0.25) is 10.0 Å². The topological polar surface area (TPSA) is 128 Å². The van der Waals surface area contributed by atoms with Gasteiger partial charge in [0.1, 0.15) is 11.9 Å². The number of carbonyl (C=O) groups is 2. The fourth-order valence-electron chi connectivity index (χ4n) is 4.07. The molecule has 0 aliphatic carbocycles. The Balaban J connectivity index is 1.95. The molecular weight excluding hydrogens is 496 g/mol. The second-order valence-corrected chi connectivity index (χ2v) is 11.7. The molecule has 37 heavy (non-hydrogen) atoms. The quantitative estimate of drug-likeness (QED) is 0.480. The minimum atomic E-state index is -3.76. The third-order valence-electron chi connectivity index (χ3n) is 6.23. The van der Waals surface area contributed by atoms with Gasteiger partial charge in [-0.15, -0.1) is 0 Å². The second kappa shape index (κ2) is 11.9. The number of fused-ring (bicyclic) bond motifs is 1. The summed E-state index contributed by atoms with van der Waals surface area (Å²) >= 11 is 0. The molecule has 10 nitrogen and oxygen atoms in total. The maximum atomic E-state index is 13.5. The fraction of sp³-hybridized carbons (Fsp3) is 0.462. The van der Waals surface area contributed by atoms with Gasteiger partial charge in [0.25, 0.3) is 5.91 Å². The first-order valence-corrected chi connectivity index (χ1v) is 13.7. The molecule has 0 unspecified atom stereocenters. The van der Waals surface area contributed by atoms with Crippen LogP contribution in [-0.2, 0) is 10.0 Å². The van der Waals surface area contributed by atoms with E-state index in [-0.39, 0.29) is 53.8 Å². The molecule has 0 bridgehead atoms. The number of urea groups is 1. The molecular formula is C26H36N4O6S. The van der Waals surface area contributed by atoms with Gasteiger partial charge in [-0.1, -0.05) is 25.1 Å². The zero-order chi connectivity index (χ0) is 27.3. The van der Waals surface area contributed by atoms with Crippen LogP contribution in [0.1, 0.15) is 38.1 Å². The van der Waals surface area contributed by atoms with Gasteiger partial charge in [-0.25, -0.2) is 13.2 Å². The van der Waals surface area contributed by atoms with Crippen molar-refractivity contribution in [3.05, 3.63) is 54.1 Å². The molecule has 3 N–H and O–H groups in total. The van der Waals surface area contributed by atoms with Crippen molar-refractivity contribution < 1.29 is 27.9 Å². The molecule has 11 heteroatoms. The average molecular weight is 533 g/mol. The molecule has 0 saturated carbocycles. The van der Waals surface area contributed by atoms with Gasteiger partial charge in [0, 0.05) is 31.2 Å². The van der Waals surface area contributed by atoms with E-state index in [1.54, 1.807) is 42.2 Å². The Hall–Kier alpha value is -3.15. The van der Waals surface area contributed by atoms with E-state index in [0.29, 0.717) is 5.69 Å². The van der Waals surface area contributed by atoms with Crippen LogP contribution in [0, 0.1) is 5.92 Å². The Morgan fingerprint density at radius 2 is 1.86 bits per heavy atom. The molecule has 0 saturated heterocycles. The molecule has 3 rings (SSSR count). The van der Waals surface area contributed by atoms with Crippen LogP contribution in [0.15, 0.2) is 53.4 Å². The van der Waals surface area contributed by atoms with Crippen LogP contribution in [0.5, 0.6) is 5.75 Å². The van der Waals surface area contributed by atoms with Gasteiger partial charge in [-0.2, -0.15) is 4.31 Å². The lowest BCUT2D eigenvalue weighted by molar-refractivity contribution is 0.0387. The molecule has 0 fully saturated rings. The van der Waals surface area contributed by atoms with Crippen molar-refractivity contribution in [1.29, 1.82) is 0 Å². The van der Waals surface area contributed by atoms with Crippen molar-refractivity contribution in [3.8, 4) is 5.75 Å². The molecule has 0 radical (unpaired) electrons. The number of carbonyl (C=O) groups excluding carboxylic acids is 2. The number of nitrogens with zero attached hydrogens (tertiary/aromatic N) is 2. The number of hydrogen-bond donors (Lipinski definition) is 3. The number of anilines is 1. The number of ether oxygens (including phenoxy) is 1. The van der Waals surface area contributed by atoms with Crippen molar-refractivity contribution in [3.63, 3.8) is 0 Å². The summed E-state index contributed by atoms with van der Waals surface area (Å²) in [7, 11) is -2.26. The van der Waals surface area contributed by atoms with E-state index in [2.05, 4.69) is 10.6 Å². The van der Waals surface area contributed by atoms with Crippen LogP contribution in [0.25, 0.3) is 0 Å². The maximum absolute atomic E-state index is 13.5. The van der Waals surface area contributed by atoms with Gasteiger partial charge in [-0.05, 0) is 51.1 Å². The molecule has 1 aliphatic heterocycles. The Bertz CT molecular complexity index is 1200. The molecule has 202 valence electrons. The van der Waals surface area contributed by atoms with Crippen molar-refractivity contribution >= 4 is 27.6 Å². The average Bonchev–Trinajstić information content (AvgIpc) is 2.85. The highest BCUT2D eigenvalue weighted by molar-refractivity contribution is 7.89. The number of nitrogens with one attached hydrogen (secondary N) is 2. The number of aliphatic hydroxyl groups is 1. The van der Waals surface area contributed by atoms with Crippen LogP contribution in [0.2, 0.25) is 0 Å². The molecule has 1 heterocycles. The van der Waals surface area contributed by atoms with Crippen LogP contribution in [-0.4, -0.2) is 79.6 Å². The van der Waals surface area contributed by atoms with Crippen molar-refractivity contribution in [2.75, 3.05) is 32.1 Å². The van der Waals surface area contributed by atoms with E-state index >= 15 is 0 Å². The Kier molecular flexibility index (Phi) is 9.16. The number of sulfonamides is 1. The van der Waals surface area contributed by atoms with E-state index in [4.69, 9.17) is 4.74 Å². The van der Waals surface area contributed by atoms with E-state index in [9.17, 15) is 23.1 Å². The molecule has 0 aromatic heterocycles. The van der Waals surface area contributed by atoms with Gasteiger partial charge in [0.05, 0.1) is 29.7 Å². The Morgan fingerprint density at radius 1 is 1.19 bits per heavy atom. The predicted molar refractivity (Wildman–Crippen MR) is 141 cm³/mol. The summed E-state index contributed by atoms with van der Waals surface area (Å²) in [5, 5.41) is 15.3. The number of rotatable bonds is 8. The summed E-state index contributed by atoms with van der Waals surface area (Å²) in [6.07, 6.45) is -0.591. The normalized spacial score (nSPS) is 19.0. The van der Waals surface area contributed by atoms with Gasteiger partial charge < -0.3 is 25.4 Å². The number of aliphatic hydroxyl groups excluding tert-OH is 1.